The van der Waals surface area contributed by atoms with E-state index in [4.69, 9.17) is 5.73 Å². The molecule has 3 nitrogen and oxygen atoms in total. The summed E-state index contributed by atoms with van der Waals surface area (Å²) in [6.07, 6.45) is 6.73. The smallest absolute Gasteiger partial charge is 0.224 e. The topological polar surface area (TPSA) is 55.1 Å². The van der Waals surface area contributed by atoms with Crippen LogP contribution in [0.3, 0.4) is 0 Å². The predicted molar refractivity (Wildman–Crippen MR) is 86.9 cm³/mol. The van der Waals surface area contributed by atoms with Gasteiger partial charge in [0.1, 0.15) is 0 Å². The average molecular weight is 292 g/mol. The van der Waals surface area contributed by atoms with Gasteiger partial charge >= 0.3 is 0 Å². The molecule has 2 rings (SSSR count). The average Bonchev–Trinajstić information content (AvgIpc) is 2.97. The second-order valence-electron chi connectivity index (χ2n) is 5.36. The van der Waals surface area contributed by atoms with Crippen molar-refractivity contribution in [3.05, 3.63) is 29.8 Å². The van der Waals surface area contributed by atoms with Crippen molar-refractivity contribution in [1.82, 2.24) is 0 Å². The summed E-state index contributed by atoms with van der Waals surface area (Å²) in [5.74, 6) is 1.09. The van der Waals surface area contributed by atoms with Gasteiger partial charge in [-0.25, -0.2) is 0 Å². The number of hydrogen-bond acceptors (Lipinski definition) is 3. The summed E-state index contributed by atoms with van der Waals surface area (Å²) in [6, 6.07) is 8.19. The minimum Gasteiger partial charge on any atom is -0.330 e. The first-order valence-electron chi connectivity index (χ1n) is 7.48. The molecule has 0 aliphatic heterocycles. The molecule has 0 unspecified atom stereocenters. The molecule has 1 aromatic carbocycles. The fourth-order valence-corrected chi connectivity index (χ4v) is 3.77. The molecule has 110 valence electrons. The minimum atomic E-state index is 0.0519. The van der Waals surface area contributed by atoms with E-state index in [9.17, 15) is 4.79 Å². The van der Waals surface area contributed by atoms with Gasteiger partial charge in [0.2, 0.25) is 5.91 Å². The molecular weight excluding hydrogens is 268 g/mol. The van der Waals surface area contributed by atoms with Crippen LogP contribution in [0.2, 0.25) is 0 Å². The molecule has 0 heterocycles. The molecule has 4 heteroatoms. The summed E-state index contributed by atoms with van der Waals surface area (Å²) in [5, 5.41) is 3.77. The maximum absolute atomic E-state index is 11.7. The van der Waals surface area contributed by atoms with Gasteiger partial charge in [-0.3, -0.25) is 4.79 Å². The van der Waals surface area contributed by atoms with Gasteiger partial charge in [0.05, 0.1) is 0 Å². The number of hydrogen-bond donors (Lipinski definition) is 2. The van der Waals surface area contributed by atoms with Crippen LogP contribution in [-0.4, -0.2) is 17.7 Å². The van der Waals surface area contributed by atoms with Crippen molar-refractivity contribution in [2.24, 2.45) is 5.73 Å². The monoisotopic (exact) mass is 292 g/mol. The van der Waals surface area contributed by atoms with E-state index in [2.05, 4.69) is 17.4 Å². The number of carbonyl (C=O) groups excluding carboxylic acids is 1. The Hall–Kier alpha value is -1.00. The molecule has 0 saturated heterocycles. The van der Waals surface area contributed by atoms with Gasteiger partial charge in [0.25, 0.3) is 0 Å². The Morgan fingerprint density at radius 2 is 2.15 bits per heavy atom. The number of nitrogens with two attached hydrogens (primary N) is 1. The van der Waals surface area contributed by atoms with E-state index in [1.54, 1.807) is 0 Å². The third kappa shape index (κ3) is 5.17. The molecule has 0 spiro atoms. The van der Waals surface area contributed by atoms with Gasteiger partial charge in [0, 0.05) is 23.1 Å². The van der Waals surface area contributed by atoms with Gasteiger partial charge < -0.3 is 11.1 Å². The second-order valence-corrected chi connectivity index (χ2v) is 6.65. The van der Waals surface area contributed by atoms with Crippen LogP contribution < -0.4 is 11.1 Å². The summed E-state index contributed by atoms with van der Waals surface area (Å²) < 4.78 is 0. The zero-order chi connectivity index (χ0) is 14.2. The third-order valence-corrected chi connectivity index (χ3v) is 5.05. The molecule has 1 aliphatic rings. The van der Waals surface area contributed by atoms with Gasteiger partial charge in [-0.15, -0.1) is 0 Å². The zero-order valence-electron chi connectivity index (χ0n) is 11.9. The fraction of sp³-hybridized carbons (Fsp3) is 0.562. The Labute approximate surface area is 125 Å². The van der Waals surface area contributed by atoms with Crippen molar-refractivity contribution in [1.29, 1.82) is 0 Å². The molecule has 20 heavy (non-hydrogen) atoms. The number of carbonyl (C=O) groups is 1. The van der Waals surface area contributed by atoms with E-state index in [0.717, 1.165) is 23.1 Å². The maximum Gasteiger partial charge on any atom is 0.224 e. The van der Waals surface area contributed by atoms with Crippen LogP contribution in [0.25, 0.3) is 0 Å². The lowest BCUT2D eigenvalue weighted by Crippen LogP contribution is -2.13. The maximum atomic E-state index is 11.7. The normalized spacial score (nSPS) is 15.4. The van der Waals surface area contributed by atoms with E-state index in [1.165, 1.54) is 31.2 Å². The van der Waals surface area contributed by atoms with Crippen LogP contribution in [0.1, 0.15) is 44.1 Å². The molecule has 0 aromatic heterocycles. The van der Waals surface area contributed by atoms with Crippen molar-refractivity contribution < 1.29 is 4.79 Å². The van der Waals surface area contributed by atoms with E-state index >= 15 is 0 Å². The molecule has 0 atom stereocenters. The lowest BCUT2D eigenvalue weighted by Gasteiger charge is -2.10. The summed E-state index contributed by atoms with van der Waals surface area (Å²) in [7, 11) is 0. The van der Waals surface area contributed by atoms with Crippen LogP contribution in [0.15, 0.2) is 24.3 Å². The highest BCUT2D eigenvalue weighted by Gasteiger charge is 2.15. The standard InChI is InChI=1S/C16H24N2OS/c17-10-4-9-16(19)18-14-6-3-5-13(11-14)12-20-15-7-1-2-8-15/h3,5-6,11,15H,1-2,4,7-10,12,17H2,(H,18,19). The highest BCUT2D eigenvalue weighted by atomic mass is 32.2. The first-order chi connectivity index (χ1) is 9.78. The van der Waals surface area contributed by atoms with Crippen LogP contribution in [0, 0.1) is 0 Å². The predicted octanol–water partition coefficient (Wildman–Crippen LogP) is 3.54. The Kier molecular flexibility index (Phi) is 6.40. The van der Waals surface area contributed by atoms with Crippen LogP contribution in [-0.2, 0) is 10.5 Å². The number of amides is 1. The Morgan fingerprint density at radius 3 is 2.90 bits per heavy atom. The van der Waals surface area contributed by atoms with Crippen LogP contribution in [0.4, 0.5) is 5.69 Å². The molecule has 0 radical (unpaired) electrons. The quantitative estimate of drug-likeness (QED) is 0.808. The highest BCUT2D eigenvalue weighted by Crippen LogP contribution is 2.31. The number of rotatable bonds is 7. The molecule has 1 aliphatic carbocycles. The Morgan fingerprint density at radius 1 is 1.35 bits per heavy atom. The third-order valence-electron chi connectivity index (χ3n) is 3.61. The molecule has 1 aromatic rings. The number of thioether (sulfide) groups is 1. The number of nitrogens with one attached hydrogen (secondary N) is 1. The summed E-state index contributed by atoms with van der Waals surface area (Å²) in [5.41, 5.74) is 7.60. The molecule has 1 saturated carbocycles. The van der Waals surface area contributed by atoms with E-state index in [-0.39, 0.29) is 5.91 Å². The number of anilines is 1. The lowest BCUT2D eigenvalue weighted by molar-refractivity contribution is -0.116. The van der Waals surface area contributed by atoms with Crippen molar-refractivity contribution >= 4 is 23.4 Å². The summed E-state index contributed by atoms with van der Waals surface area (Å²) >= 11 is 2.05. The zero-order valence-corrected chi connectivity index (χ0v) is 12.8. The van der Waals surface area contributed by atoms with E-state index < -0.39 is 0 Å². The second kappa shape index (κ2) is 8.32. The molecule has 3 N–H and O–H groups in total. The number of benzene rings is 1. The Balaban J connectivity index is 1.82. The van der Waals surface area contributed by atoms with Crippen LogP contribution in [0.5, 0.6) is 0 Å². The van der Waals surface area contributed by atoms with Crippen molar-refractivity contribution in [3.8, 4) is 0 Å². The van der Waals surface area contributed by atoms with Crippen molar-refractivity contribution in [3.63, 3.8) is 0 Å². The minimum absolute atomic E-state index is 0.0519. The van der Waals surface area contributed by atoms with Gasteiger partial charge in [-0.05, 0) is 43.5 Å². The SMILES string of the molecule is NCCCC(=O)Nc1cccc(CSC2CCCC2)c1. The van der Waals surface area contributed by atoms with Gasteiger partial charge in [-0.2, -0.15) is 11.8 Å². The van der Waals surface area contributed by atoms with Gasteiger partial charge in [-0.1, -0.05) is 25.0 Å². The molecule has 1 amide bonds. The van der Waals surface area contributed by atoms with E-state index in [1.807, 2.05) is 23.9 Å². The highest BCUT2D eigenvalue weighted by molar-refractivity contribution is 7.99. The van der Waals surface area contributed by atoms with Crippen LogP contribution >= 0.6 is 11.8 Å². The van der Waals surface area contributed by atoms with Crippen molar-refractivity contribution in [2.45, 2.75) is 49.5 Å². The fourth-order valence-electron chi connectivity index (χ4n) is 2.49. The molecule has 1 fully saturated rings. The summed E-state index contributed by atoms with van der Waals surface area (Å²) in [6.45, 7) is 0.561. The van der Waals surface area contributed by atoms with E-state index in [0.29, 0.717) is 13.0 Å². The summed E-state index contributed by atoms with van der Waals surface area (Å²) in [4.78, 5) is 11.7. The first kappa shape index (κ1) is 15.4. The molecule has 0 bridgehead atoms. The first-order valence-corrected chi connectivity index (χ1v) is 8.53. The Bertz CT molecular complexity index is 430. The largest absolute Gasteiger partial charge is 0.330 e. The lowest BCUT2D eigenvalue weighted by atomic mass is 10.2. The van der Waals surface area contributed by atoms with Gasteiger partial charge in [0.15, 0.2) is 0 Å². The molecular formula is C16H24N2OS. The van der Waals surface area contributed by atoms with Crippen molar-refractivity contribution in [2.75, 3.05) is 11.9 Å².